The molecule has 1 fully saturated rings. The van der Waals surface area contributed by atoms with Gasteiger partial charge in [0.25, 0.3) is 0 Å². The fourth-order valence-corrected chi connectivity index (χ4v) is 1.48. The van der Waals surface area contributed by atoms with E-state index in [4.69, 9.17) is 5.84 Å². The number of rotatable bonds is 4. The molecule has 3 N–H and O–H groups in total. The summed E-state index contributed by atoms with van der Waals surface area (Å²) in [5.41, 5.74) is 0. The van der Waals surface area contributed by atoms with E-state index in [0.29, 0.717) is 0 Å². The van der Waals surface area contributed by atoms with Gasteiger partial charge in [-0.15, -0.1) is 0 Å². The molecule has 4 heteroatoms. The van der Waals surface area contributed by atoms with E-state index in [1.807, 2.05) is 7.05 Å². The molecule has 0 bridgehead atoms. The molecule has 0 aliphatic carbocycles. The Bertz CT molecular complexity index is 110. The average Bonchev–Trinajstić information content (AvgIpc) is 2.05. The second-order valence-corrected chi connectivity index (χ2v) is 3.43. The zero-order chi connectivity index (χ0) is 8.81. The van der Waals surface area contributed by atoms with E-state index in [9.17, 15) is 0 Å². The molecule has 1 saturated heterocycles. The van der Waals surface area contributed by atoms with Crippen LogP contribution >= 0.6 is 0 Å². The van der Waals surface area contributed by atoms with Gasteiger partial charge >= 0.3 is 0 Å². The molecule has 4 nitrogen and oxygen atoms in total. The highest BCUT2D eigenvalue weighted by Crippen LogP contribution is 1.94. The maximum atomic E-state index is 5.51. The topological polar surface area (TPSA) is 44.5 Å². The highest BCUT2D eigenvalue weighted by atomic mass is 15.4. The van der Waals surface area contributed by atoms with Crippen LogP contribution in [0.15, 0.2) is 0 Å². The number of hydrazine groups is 1. The van der Waals surface area contributed by atoms with Crippen LogP contribution in [-0.4, -0.2) is 56.2 Å². The molecule has 1 heterocycles. The van der Waals surface area contributed by atoms with E-state index in [1.54, 1.807) is 5.01 Å². The van der Waals surface area contributed by atoms with Crippen LogP contribution in [0.3, 0.4) is 0 Å². The van der Waals surface area contributed by atoms with Gasteiger partial charge in [0.1, 0.15) is 0 Å². The molecule has 0 amide bonds. The highest BCUT2D eigenvalue weighted by Gasteiger charge is 2.07. The van der Waals surface area contributed by atoms with Crippen LogP contribution in [0.5, 0.6) is 0 Å². The Morgan fingerprint density at radius 1 is 1.42 bits per heavy atom. The Morgan fingerprint density at radius 2 is 2.08 bits per heavy atom. The van der Waals surface area contributed by atoms with Crippen LogP contribution in [0.2, 0.25) is 0 Å². The van der Waals surface area contributed by atoms with Gasteiger partial charge in [0, 0.05) is 39.8 Å². The molecule has 0 saturated carbocycles. The second-order valence-electron chi connectivity index (χ2n) is 3.43. The van der Waals surface area contributed by atoms with Gasteiger partial charge in [0.05, 0.1) is 0 Å². The lowest BCUT2D eigenvalue weighted by molar-refractivity contribution is 0.223. The lowest BCUT2D eigenvalue weighted by Gasteiger charge is -2.27. The molecule has 0 aromatic heterocycles. The van der Waals surface area contributed by atoms with Crippen molar-refractivity contribution < 1.29 is 0 Å². The quantitative estimate of drug-likeness (QED) is 0.425. The van der Waals surface area contributed by atoms with Gasteiger partial charge in [-0.1, -0.05) is 0 Å². The lowest BCUT2D eigenvalue weighted by atomic mass is 10.3. The van der Waals surface area contributed by atoms with Crippen LogP contribution in [-0.2, 0) is 0 Å². The van der Waals surface area contributed by atoms with Crippen molar-refractivity contribution in [3.05, 3.63) is 0 Å². The lowest BCUT2D eigenvalue weighted by Crippen LogP contribution is -2.44. The third-order valence-electron chi connectivity index (χ3n) is 2.19. The Morgan fingerprint density at radius 3 is 2.67 bits per heavy atom. The molecule has 0 spiro atoms. The highest BCUT2D eigenvalue weighted by molar-refractivity contribution is 4.67. The minimum atomic E-state index is 0.990. The van der Waals surface area contributed by atoms with Crippen molar-refractivity contribution >= 4 is 0 Å². The number of nitrogens with one attached hydrogen (secondary N) is 1. The first kappa shape index (κ1) is 9.92. The summed E-state index contributed by atoms with van der Waals surface area (Å²) < 4.78 is 0. The Kier molecular flexibility index (Phi) is 4.53. The van der Waals surface area contributed by atoms with Crippen molar-refractivity contribution in [2.24, 2.45) is 5.84 Å². The second kappa shape index (κ2) is 5.48. The molecule has 72 valence electrons. The summed E-state index contributed by atoms with van der Waals surface area (Å²) in [7, 11) is 1.91. The van der Waals surface area contributed by atoms with Crippen LogP contribution in [0.4, 0.5) is 0 Å². The minimum absolute atomic E-state index is 0.990. The van der Waals surface area contributed by atoms with Crippen LogP contribution in [0, 0.1) is 0 Å². The monoisotopic (exact) mass is 172 g/mol. The average molecular weight is 172 g/mol. The van der Waals surface area contributed by atoms with Crippen molar-refractivity contribution in [1.82, 2.24) is 15.2 Å². The molecular weight excluding hydrogens is 152 g/mol. The summed E-state index contributed by atoms with van der Waals surface area (Å²) in [5, 5.41) is 5.09. The van der Waals surface area contributed by atoms with Crippen molar-refractivity contribution in [3.8, 4) is 0 Å². The first-order valence-electron chi connectivity index (χ1n) is 4.68. The molecule has 0 radical (unpaired) electrons. The number of hydrogen-bond acceptors (Lipinski definition) is 4. The van der Waals surface area contributed by atoms with E-state index in [0.717, 1.165) is 19.6 Å². The van der Waals surface area contributed by atoms with E-state index in [-0.39, 0.29) is 0 Å². The van der Waals surface area contributed by atoms with Crippen molar-refractivity contribution in [1.29, 1.82) is 0 Å². The normalized spacial score (nSPS) is 20.2. The molecule has 1 aliphatic heterocycles. The molecule has 0 atom stereocenters. The van der Waals surface area contributed by atoms with Gasteiger partial charge in [0.15, 0.2) is 0 Å². The van der Waals surface area contributed by atoms with Crippen LogP contribution < -0.4 is 11.2 Å². The molecular formula is C8H20N4. The van der Waals surface area contributed by atoms with Gasteiger partial charge in [-0.05, 0) is 13.0 Å². The zero-order valence-corrected chi connectivity index (χ0v) is 7.92. The maximum Gasteiger partial charge on any atom is 0.0137 e. The molecule has 1 rings (SSSR count). The largest absolute Gasteiger partial charge is 0.314 e. The third kappa shape index (κ3) is 4.01. The Hall–Kier alpha value is -0.160. The van der Waals surface area contributed by atoms with E-state index in [1.165, 1.54) is 26.1 Å². The van der Waals surface area contributed by atoms with Gasteiger partial charge in [0.2, 0.25) is 0 Å². The first-order chi connectivity index (χ1) is 5.79. The van der Waals surface area contributed by atoms with E-state index < -0.39 is 0 Å². The van der Waals surface area contributed by atoms with E-state index in [2.05, 4.69) is 10.2 Å². The fraction of sp³-hybridized carbons (Fsp3) is 1.00. The summed E-state index contributed by atoms with van der Waals surface area (Å²) in [6, 6.07) is 0. The molecule has 1 aliphatic rings. The maximum absolute atomic E-state index is 5.51. The number of nitrogens with zero attached hydrogens (tertiary/aromatic N) is 2. The first-order valence-corrected chi connectivity index (χ1v) is 4.68. The summed E-state index contributed by atoms with van der Waals surface area (Å²) in [5.74, 6) is 5.51. The number of piperazine rings is 1. The minimum Gasteiger partial charge on any atom is -0.314 e. The predicted octanol–water partition coefficient (Wildman–Crippen LogP) is -0.913. The Labute approximate surface area is 74.7 Å². The number of nitrogens with two attached hydrogens (primary N) is 1. The van der Waals surface area contributed by atoms with Crippen LogP contribution in [0.1, 0.15) is 6.42 Å². The Balaban J connectivity index is 1.98. The summed E-state index contributed by atoms with van der Waals surface area (Å²) in [4.78, 5) is 2.49. The predicted molar refractivity (Wildman–Crippen MR) is 50.7 cm³/mol. The molecule has 0 aromatic rings. The van der Waals surface area contributed by atoms with Gasteiger partial charge in [-0.25, -0.2) is 0 Å². The van der Waals surface area contributed by atoms with E-state index >= 15 is 0 Å². The van der Waals surface area contributed by atoms with Gasteiger partial charge in [-0.2, -0.15) is 0 Å². The fourth-order valence-electron chi connectivity index (χ4n) is 1.48. The zero-order valence-electron chi connectivity index (χ0n) is 7.92. The number of hydrogen-bond donors (Lipinski definition) is 2. The molecule has 0 aromatic carbocycles. The SMILES string of the molecule is CN(N)CCCN1CCNCC1. The standard InChI is InChI=1S/C8H20N4/c1-11(9)5-2-6-12-7-3-10-4-8-12/h10H,2-9H2,1H3. The van der Waals surface area contributed by atoms with Crippen molar-refractivity contribution in [2.45, 2.75) is 6.42 Å². The third-order valence-corrected chi connectivity index (χ3v) is 2.19. The smallest absolute Gasteiger partial charge is 0.0137 e. The summed E-state index contributed by atoms with van der Waals surface area (Å²) in [6.07, 6.45) is 1.17. The van der Waals surface area contributed by atoms with Crippen molar-refractivity contribution in [3.63, 3.8) is 0 Å². The van der Waals surface area contributed by atoms with Gasteiger partial charge < -0.3 is 10.2 Å². The summed E-state index contributed by atoms with van der Waals surface area (Å²) >= 11 is 0. The molecule has 0 unspecified atom stereocenters. The van der Waals surface area contributed by atoms with Gasteiger partial charge in [-0.3, -0.25) is 10.9 Å². The molecule has 12 heavy (non-hydrogen) atoms. The van der Waals surface area contributed by atoms with Crippen LogP contribution in [0.25, 0.3) is 0 Å². The summed E-state index contributed by atoms with van der Waals surface area (Å²) in [6.45, 7) is 6.83. The van der Waals surface area contributed by atoms with Crippen molar-refractivity contribution in [2.75, 3.05) is 46.3 Å².